The number of allylic oxidation sites excluding steroid dienone is 2. The molecule has 6 nitrogen and oxygen atoms in total. The number of carboxylic acid groups (broad SMARTS) is 1. The van der Waals surface area contributed by atoms with Crippen molar-refractivity contribution in [3.8, 4) is 0 Å². The molecule has 2 N–H and O–H groups in total. The van der Waals surface area contributed by atoms with Gasteiger partial charge in [-0.15, -0.1) is 11.3 Å². The van der Waals surface area contributed by atoms with Crippen LogP contribution in [-0.4, -0.2) is 29.6 Å². The summed E-state index contributed by atoms with van der Waals surface area (Å²) in [6.45, 7) is 3.80. The lowest BCUT2D eigenvalue weighted by molar-refractivity contribution is -0.146. The molecule has 0 aromatic carbocycles. The number of aliphatic carboxylic acids is 1. The second-order valence-corrected chi connectivity index (χ2v) is 7.40. The number of carbonyl (C=O) groups excluding carboxylic acids is 2. The Kier molecular flexibility index (Phi) is 4.45. The van der Waals surface area contributed by atoms with Crippen molar-refractivity contribution in [2.75, 3.05) is 11.9 Å². The van der Waals surface area contributed by atoms with E-state index in [2.05, 4.69) is 5.32 Å². The number of carboxylic acids is 1. The minimum Gasteiger partial charge on any atom is -0.481 e. The largest absolute Gasteiger partial charge is 0.481 e. The van der Waals surface area contributed by atoms with E-state index in [1.807, 2.05) is 19.1 Å². The van der Waals surface area contributed by atoms with Crippen LogP contribution >= 0.6 is 11.3 Å². The van der Waals surface area contributed by atoms with Crippen LogP contribution in [0.15, 0.2) is 18.2 Å². The zero-order valence-corrected chi connectivity index (χ0v) is 14.3. The van der Waals surface area contributed by atoms with Crippen LogP contribution in [0.3, 0.4) is 0 Å². The number of hydrogen-bond donors (Lipinski definition) is 2. The van der Waals surface area contributed by atoms with Crippen molar-refractivity contribution in [1.29, 1.82) is 0 Å². The van der Waals surface area contributed by atoms with Gasteiger partial charge in [0.2, 0.25) is 5.91 Å². The minimum absolute atomic E-state index is 0.0526. The van der Waals surface area contributed by atoms with E-state index in [0.717, 1.165) is 4.88 Å². The van der Waals surface area contributed by atoms with Gasteiger partial charge in [-0.2, -0.15) is 0 Å². The molecule has 0 spiro atoms. The lowest BCUT2D eigenvalue weighted by Gasteiger charge is -2.23. The Labute approximate surface area is 143 Å². The van der Waals surface area contributed by atoms with E-state index in [0.29, 0.717) is 17.0 Å². The van der Waals surface area contributed by atoms with Crippen molar-refractivity contribution in [2.45, 2.75) is 20.3 Å². The summed E-state index contributed by atoms with van der Waals surface area (Å²) < 4.78 is 5.01. The summed E-state index contributed by atoms with van der Waals surface area (Å²) in [6.07, 6.45) is 4.52. The van der Waals surface area contributed by atoms with Gasteiger partial charge in [-0.1, -0.05) is 12.2 Å². The topological polar surface area (TPSA) is 92.7 Å². The number of nitrogens with one attached hydrogen (secondary N) is 1. The normalized spacial score (nSPS) is 27.2. The number of esters is 1. The number of thiophene rings is 1. The predicted octanol–water partition coefficient (Wildman–Crippen LogP) is 2.69. The maximum Gasteiger partial charge on any atom is 0.341 e. The van der Waals surface area contributed by atoms with Crippen molar-refractivity contribution < 1.29 is 24.2 Å². The number of carbonyl (C=O) groups is 3. The van der Waals surface area contributed by atoms with Gasteiger partial charge in [-0.25, -0.2) is 4.79 Å². The molecule has 3 rings (SSSR count). The van der Waals surface area contributed by atoms with E-state index in [1.165, 1.54) is 11.3 Å². The molecule has 1 amide bonds. The van der Waals surface area contributed by atoms with Crippen molar-refractivity contribution in [3.05, 3.63) is 28.7 Å². The van der Waals surface area contributed by atoms with Gasteiger partial charge in [0.1, 0.15) is 5.00 Å². The van der Waals surface area contributed by atoms with E-state index in [-0.39, 0.29) is 24.3 Å². The molecule has 2 aliphatic rings. The molecule has 1 aromatic rings. The smallest absolute Gasteiger partial charge is 0.341 e. The molecular weight excluding hydrogens is 330 g/mol. The van der Waals surface area contributed by atoms with Crippen LogP contribution in [0.1, 0.15) is 28.6 Å². The van der Waals surface area contributed by atoms with Crippen LogP contribution in [0.4, 0.5) is 5.00 Å². The number of amides is 1. The predicted molar refractivity (Wildman–Crippen MR) is 89.0 cm³/mol. The average Bonchev–Trinajstić information content (AvgIpc) is 3.20. The first-order valence-corrected chi connectivity index (χ1v) is 8.73. The second kappa shape index (κ2) is 6.39. The van der Waals surface area contributed by atoms with E-state index >= 15 is 0 Å². The van der Waals surface area contributed by atoms with Crippen molar-refractivity contribution in [2.24, 2.45) is 23.7 Å². The van der Waals surface area contributed by atoms with Crippen molar-refractivity contribution >= 4 is 34.2 Å². The standard InChI is InChI=1S/C17H19NO5S/c1-3-23-17(22)11-6-8(2)24-15(11)18-14(19)12-9-4-5-10(7-9)13(12)16(20)21/h4-6,9-10,12-13H,3,7H2,1-2H3,(H,18,19)(H,20,21)/t9-,10-,12-,13-/m0/s1. The molecule has 128 valence electrons. The van der Waals surface area contributed by atoms with Crippen LogP contribution in [0.2, 0.25) is 0 Å². The van der Waals surface area contributed by atoms with Crippen LogP contribution in [-0.2, 0) is 14.3 Å². The maximum absolute atomic E-state index is 12.7. The molecule has 0 aliphatic heterocycles. The monoisotopic (exact) mass is 349 g/mol. The summed E-state index contributed by atoms with van der Waals surface area (Å²) in [6, 6.07) is 1.67. The van der Waals surface area contributed by atoms with Gasteiger partial charge in [0.05, 0.1) is 24.0 Å². The van der Waals surface area contributed by atoms with E-state index in [9.17, 15) is 19.5 Å². The van der Waals surface area contributed by atoms with Crippen LogP contribution in [0, 0.1) is 30.6 Å². The van der Waals surface area contributed by atoms with Crippen molar-refractivity contribution in [3.63, 3.8) is 0 Å². The fraction of sp³-hybridized carbons (Fsp3) is 0.471. The molecule has 1 fully saturated rings. The van der Waals surface area contributed by atoms with E-state index < -0.39 is 23.8 Å². The van der Waals surface area contributed by atoms with Gasteiger partial charge in [0, 0.05) is 4.88 Å². The summed E-state index contributed by atoms with van der Waals surface area (Å²) in [5, 5.41) is 12.6. The van der Waals surface area contributed by atoms with Gasteiger partial charge in [0.15, 0.2) is 0 Å². The molecule has 4 atom stereocenters. The molecule has 0 saturated heterocycles. The minimum atomic E-state index is -0.944. The number of anilines is 1. The Morgan fingerprint density at radius 1 is 1.29 bits per heavy atom. The van der Waals surface area contributed by atoms with Gasteiger partial charge in [-0.05, 0) is 38.2 Å². The number of aryl methyl sites for hydroxylation is 1. The van der Waals surface area contributed by atoms with E-state index in [1.54, 1.807) is 13.0 Å². The van der Waals surface area contributed by atoms with Gasteiger partial charge in [-0.3, -0.25) is 9.59 Å². The molecule has 7 heteroatoms. The molecule has 1 saturated carbocycles. The van der Waals surface area contributed by atoms with Gasteiger partial charge in [0.25, 0.3) is 0 Å². The summed E-state index contributed by atoms with van der Waals surface area (Å²) in [5.41, 5.74) is 0.318. The highest BCUT2D eigenvalue weighted by molar-refractivity contribution is 7.16. The Morgan fingerprint density at radius 3 is 2.58 bits per heavy atom. The fourth-order valence-electron chi connectivity index (χ4n) is 3.68. The average molecular weight is 349 g/mol. The Balaban J connectivity index is 1.82. The SMILES string of the molecule is CCOC(=O)c1cc(C)sc1NC(=O)[C@@H]1[C@@H](C(=O)O)[C@H]2C=C[C@H]1C2. The third-order valence-corrected chi connectivity index (χ3v) is 5.60. The van der Waals surface area contributed by atoms with Crippen LogP contribution < -0.4 is 5.32 Å². The summed E-state index contributed by atoms with van der Waals surface area (Å²) >= 11 is 1.29. The molecule has 1 aromatic heterocycles. The summed E-state index contributed by atoms with van der Waals surface area (Å²) in [5.74, 6) is -3.21. The Bertz CT molecular complexity index is 723. The molecule has 2 aliphatic carbocycles. The van der Waals surface area contributed by atoms with Gasteiger partial charge < -0.3 is 15.2 Å². The molecule has 0 radical (unpaired) electrons. The van der Waals surface area contributed by atoms with Crippen molar-refractivity contribution in [1.82, 2.24) is 0 Å². The second-order valence-electron chi connectivity index (χ2n) is 6.15. The number of ether oxygens (including phenoxy) is 1. The lowest BCUT2D eigenvalue weighted by atomic mass is 9.82. The molecule has 24 heavy (non-hydrogen) atoms. The highest BCUT2D eigenvalue weighted by Crippen LogP contribution is 2.48. The third-order valence-electron chi connectivity index (χ3n) is 4.63. The van der Waals surface area contributed by atoms with Gasteiger partial charge >= 0.3 is 11.9 Å². The zero-order valence-electron chi connectivity index (χ0n) is 13.4. The number of rotatable bonds is 5. The molecule has 1 heterocycles. The Hall–Kier alpha value is -2.15. The first-order chi connectivity index (χ1) is 11.4. The molecule has 2 bridgehead atoms. The number of hydrogen-bond acceptors (Lipinski definition) is 5. The fourth-order valence-corrected chi connectivity index (χ4v) is 4.58. The molecule has 0 unspecified atom stereocenters. The molecular formula is C17H19NO5S. The number of fused-ring (bicyclic) bond motifs is 2. The van der Waals surface area contributed by atoms with Crippen LogP contribution in [0.25, 0.3) is 0 Å². The van der Waals surface area contributed by atoms with Crippen LogP contribution in [0.5, 0.6) is 0 Å². The first kappa shape index (κ1) is 16.7. The quantitative estimate of drug-likeness (QED) is 0.630. The first-order valence-electron chi connectivity index (χ1n) is 7.92. The van der Waals surface area contributed by atoms with E-state index in [4.69, 9.17) is 4.74 Å². The zero-order chi connectivity index (χ0) is 17.4. The Morgan fingerprint density at radius 2 is 1.96 bits per heavy atom. The summed E-state index contributed by atoms with van der Waals surface area (Å²) in [4.78, 5) is 37.1. The third kappa shape index (κ3) is 2.84. The highest BCUT2D eigenvalue weighted by atomic mass is 32.1. The highest BCUT2D eigenvalue weighted by Gasteiger charge is 2.51. The lowest BCUT2D eigenvalue weighted by Crippen LogP contribution is -2.36. The maximum atomic E-state index is 12.7. The summed E-state index contributed by atoms with van der Waals surface area (Å²) in [7, 11) is 0.